The zero-order valence-corrected chi connectivity index (χ0v) is 17.2. The van der Waals surface area contributed by atoms with Crippen molar-refractivity contribution < 1.29 is 27.8 Å². The first-order valence-electron chi connectivity index (χ1n) is 8.94. The third-order valence-electron chi connectivity index (χ3n) is 4.92. The Bertz CT molecular complexity index is 1140. The lowest BCUT2D eigenvalue weighted by Crippen LogP contribution is -2.27. The Kier molecular flexibility index (Phi) is 4.84. The van der Waals surface area contributed by atoms with Gasteiger partial charge in [0.1, 0.15) is 11.4 Å². The molecule has 1 N–H and O–H groups in total. The van der Waals surface area contributed by atoms with E-state index in [1.807, 2.05) is 0 Å². The molecule has 2 aromatic carbocycles. The monoisotopic (exact) mass is 481 g/mol. The van der Waals surface area contributed by atoms with E-state index in [1.54, 1.807) is 6.92 Å². The van der Waals surface area contributed by atoms with Crippen LogP contribution in [0.2, 0.25) is 0 Å². The summed E-state index contributed by atoms with van der Waals surface area (Å²) in [5, 5.41) is 17.2. The summed E-state index contributed by atoms with van der Waals surface area (Å²) in [5.41, 5.74) is -1.02. The molecule has 1 heterocycles. The van der Waals surface area contributed by atoms with Crippen molar-refractivity contribution in [3.8, 4) is 17.0 Å². The molecule has 0 bridgehead atoms. The lowest BCUT2D eigenvalue weighted by molar-refractivity contribution is -0.137. The van der Waals surface area contributed by atoms with Gasteiger partial charge in [-0.3, -0.25) is 0 Å². The summed E-state index contributed by atoms with van der Waals surface area (Å²) in [4.78, 5) is 11.1. The minimum atomic E-state index is -4.52. The van der Waals surface area contributed by atoms with Crippen molar-refractivity contribution in [3.63, 3.8) is 0 Å². The Balaban J connectivity index is 1.69. The summed E-state index contributed by atoms with van der Waals surface area (Å²) < 4.78 is 48.3. The molecule has 1 aromatic heterocycles. The van der Waals surface area contributed by atoms with Crippen LogP contribution in [0, 0.1) is 6.92 Å². The first-order chi connectivity index (χ1) is 14.1. The second kappa shape index (κ2) is 7.12. The van der Waals surface area contributed by atoms with Crippen LogP contribution in [0.25, 0.3) is 11.3 Å². The zero-order chi connectivity index (χ0) is 21.7. The maximum Gasteiger partial charge on any atom is 0.417 e. The van der Waals surface area contributed by atoms with Crippen molar-refractivity contribution in [2.75, 3.05) is 0 Å². The van der Waals surface area contributed by atoms with Gasteiger partial charge in [-0.05, 0) is 47.1 Å². The van der Waals surface area contributed by atoms with E-state index in [1.165, 1.54) is 41.1 Å². The van der Waals surface area contributed by atoms with E-state index in [2.05, 4.69) is 26.2 Å². The van der Waals surface area contributed by atoms with Gasteiger partial charge in [0, 0.05) is 18.4 Å². The van der Waals surface area contributed by atoms with Gasteiger partial charge in [-0.25, -0.2) is 9.48 Å². The summed E-state index contributed by atoms with van der Waals surface area (Å²) in [7, 11) is 0. The highest BCUT2D eigenvalue weighted by Crippen LogP contribution is 2.48. The van der Waals surface area contributed by atoms with Crippen LogP contribution in [0.15, 0.2) is 46.9 Å². The van der Waals surface area contributed by atoms with E-state index >= 15 is 0 Å². The second-order valence-electron chi connectivity index (χ2n) is 6.98. The normalized spacial score (nSPS) is 15.1. The predicted molar refractivity (Wildman–Crippen MR) is 104 cm³/mol. The summed E-state index contributed by atoms with van der Waals surface area (Å²) in [6.45, 7) is 1.65. The van der Waals surface area contributed by atoms with E-state index in [0.717, 1.165) is 6.07 Å². The number of carboxylic acids is 1. The maximum atomic E-state index is 13.4. The van der Waals surface area contributed by atoms with Gasteiger partial charge in [0.2, 0.25) is 5.72 Å². The van der Waals surface area contributed by atoms with E-state index in [0.29, 0.717) is 28.8 Å². The summed E-state index contributed by atoms with van der Waals surface area (Å²) in [6, 6.07) is 9.60. The smallest absolute Gasteiger partial charge is 0.417 e. The van der Waals surface area contributed by atoms with Gasteiger partial charge in [0.25, 0.3) is 0 Å². The van der Waals surface area contributed by atoms with Gasteiger partial charge in [-0.1, -0.05) is 23.4 Å². The summed E-state index contributed by atoms with van der Waals surface area (Å²) in [5.74, 6) is -0.659. The number of carbonyl (C=O) groups is 1. The molecule has 0 atom stereocenters. The summed E-state index contributed by atoms with van der Waals surface area (Å²) >= 11 is 3.30. The number of hydrogen-bond acceptors (Lipinski definition) is 4. The largest absolute Gasteiger partial charge is 0.478 e. The van der Waals surface area contributed by atoms with E-state index in [9.17, 15) is 18.0 Å². The number of hydrogen-bond donors (Lipinski definition) is 1. The van der Waals surface area contributed by atoms with Crippen molar-refractivity contribution in [1.29, 1.82) is 0 Å². The molecule has 4 rings (SSSR count). The first-order valence-corrected chi connectivity index (χ1v) is 9.73. The van der Waals surface area contributed by atoms with E-state index in [4.69, 9.17) is 9.84 Å². The van der Waals surface area contributed by atoms with E-state index < -0.39 is 23.4 Å². The average Bonchev–Trinajstić information content (AvgIpc) is 3.35. The van der Waals surface area contributed by atoms with Crippen molar-refractivity contribution in [2.24, 2.45) is 0 Å². The fraction of sp³-hybridized carbons (Fsp3) is 0.250. The van der Waals surface area contributed by atoms with Gasteiger partial charge in [0.15, 0.2) is 0 Å². The molecular formula is C20H15BrF3N3O3. The predicted octanol–water partition coefficient (Wildman–Crippen LogP) is 5.26. The molecule has 0 saturated heterocycles. The average molecular weight is 482 g/mol. The molecule has 30 heavy (non-hydrogen) atoms. The van der Waals surface area contributed by atoms with Crippen LogP contribution >= 0.6 is 15.9 Å². The Morgan fingerprint density at radius 2 is 1.93 bits per heavy atom. The molecule has 0 amide bonds. The molecule has 1 saturated carbocycles. The number of rotatable bonds is 5. The van der Waals surface area contributed by atoms with E-state index in [-0.39, 0.29) is 16.8 Å². The molecule has 10 heteroatoms. The zero-order valence-electron chi connectivity index (χ0n) is 15.6. The van der Waals surface area contributed by atoms with Crippen LogP contribution in [0.3, 0.4) is 0 Å². The Morgan fingerprint density at radius 3 is 2.53 bits per heavy atom. The topological polar surface area (TPSA) is 77.2 Å². The van der Waals surface area contributed by atoms with Crippen molar-refractivity contribution in [2.45, 2.75) is 31.7 Å². The second-order valence-corrected chi connectivity index (χ2v) is 7.83. The maximum absolute atomic E-state index is 13.4. The van der Waals surface area contributed by atoms with Crippen LogP contribution in [-0.4, -0.2) is 26.1 Å². The van der Waals surface area contributed by atoms with Crippen LogP contribution in [0.5, 0.6) is 5.75 Å². The molecule has 0 spiro atoms. The number of nitrogens with zero attached hydrogens (tertiary/aromatic N) is 3. The van der Waals surface area contributed by atoms with Gasteiger partial charge in [-0.15, -0.1) is 5.10 Å². The number of halogens is 4. The highest BCUT2D eigenvalue weighted by atomic mass is 79.9. The lowest BCUT2D eigenvalue weighted by Gasteiger charge is -2.20. The fourth-order valence-corrected chi connectivity index (χ4v) is 3.75. The molecule has 1 aliphatic rings. The van der Waals surface area contributed by atoms with Gasteiger partial charge in [0.05, 0.1) is 21.3 Å². The SMILES string of the molecule is Cc1c(-c2ccccc2C(F)(F)F)nnn1C1(Oc2ccc(C(=O)O)cc2Br)CC1. The highest BCUT2D eigenvalue weighted by molar-refractivity contribution is 9.10. The molecule has 0 unspecified atom stereocenters. The number of alkyl halides is 3. The summed E-state index contributed by atoms with van der Waals surface area (Å²) in [6.07, 6.45) is -3.34. The molecule has 6 nitrogen and oxygen atoms in total. The number of ether oxygens (including phenoxy) is 1. The van der Waals surface area contributed by atoms with Crippen LogP contribution < -0.4 is 4.74 Å². The molecule has 3 aromatic rings. The lowest BCUT2D eigenvalue weighted by atomic mass is 10.0. The third kappa shape index (κ3) is 3.55. The van der Waals surface area contributed by atoms with Crippen molar-refractivity contribution in [3.05, 3.63) is 63.8 Å². The number of aromatic nitrogens is 3. The van der Waals surface area contributed by atoms with Gasteiger partial charge < -0.3 is 9.84 Å². The minimum absolute atomic E-state index is 0.0449. The van der Waals surface area contributed by atoms with Crippen molar-refractivity contribution in [1.82, 2.24) is 15.0 Å². The van der Waals surface area contributed by atoms with Gasteiger partial charge in [-0.2, -0.15) is 13.2 Å². The number of benzene rings is 2. The standard InChI is InChI=1S/C20H15BrF3N3O3/c1-11-17(13-4-2-3-5-14(13)20(22,23)24)25-26-27(11)19(8-9-19)30-16-7-6-12(18(28)29)10-15(16)21/h2-7,10H,8-9H2,1H3,(H,28,29). The quantitative estimate of drug-likeness (QED) is 0.537. The van der Waals surface area contributed by atoms with Crippen LogP contribution in [0.4, 0.5) is 13.2 Å². The highest BCUT2D eigenvalue weighted by Gasteiger charge is 2.50. The molecule has 0 radical (unpaired) electrons. The third-order valence-corrected chi connectivity index (χ3v) is 5.54. The fourth-order valence-electron chi connectivity index (χ4n) is 3.29. The Hall–Kier alpha value is -2.88. The molecule has 1 aliphatic carbocycles. The number of carboxylic acid groups (broad SMARTS) is 1. The molecule has 1 fully saturated rings. The Morgan fingerprint density at radius 1 is 1.23 bits per heavy atom. The van der Waals surface area contributed by atoms with Crippen molar-refractivity contribution >= 4 is 21.9 Å². The minimum Gasteiger partial charge on any atom is -0.478 e. The molecular weight excluding hydrogens is 467 g/mol. The molecule has 156 valence electrons. The van der Waals surface area contributed by atoms with Crippen LogP contribution in [0.1, 0.15) is 34.5 Å². The number of aromatic carboxylic acids is 1. The molecule has 0 aliphatic heterocycles. The van der Waals surface area contributed by atoms with Crippen LogP contribution in [-0.2, 0) is 11.9 Å². The van der Waals surface area contributed by atoms with Gasteiger partial charge >= 0.3 is 12.1 Å². The first kappa shape index (κ1) is 20.4. The Labute approximate surface area is 177 Å².